The minimum atomic E-state index is -0.625. The molecule has 3 atom stereocenters. The van der Waals surface area contributed by atoms with Crippen LogP contribution in [0.1, 0.15) is 20.3 Å². The van der Waals surface area contributed by atoms with Crippen molar-refractivity contribution in [1.82, 2.24) is 14.7 Å². The second-order valence-electron chi connectivity index (χ2n) is 7.18. The van der Waals surface area contributed by atoms with Gasteiger partial charge in [-0.05, 0) is 23.2 Å². The van der Waals surface area contributed by atoms with E-state index in [-0.39, 0.29) is 18.4 Å². The van der Waals surface area contributed by atoms with E-state index in [9.17, 15) is 14.4 Å². The molecule has 0 aromatic rings. The third-order valence-corrected chi connectivity index (χ3v) is 4.90. The van der Waals surface area contributed by atoms with Crippen LogP contribution in [0, 0.1) is 11.8 Å². The Morgan fingerprint density at radius 3 is 2.54 bits per heavy atom. The summed E-state index contributed by atoms with van der Waals surface area (Å²) in [4.78, 5) is 46.1. The van der Waals surface area contributed by atoms with Gasteiger partial charge in [0, 0.05) is 20.1 Å². The second-order valence-corrected chi connectivity index (χ2v) is 7.18. The first-order valence-electron chi connectivity index (χ1n) is 8.29. The van der Waals surface area contributed by atoms with Gasteiger partial charge in [-0.25, -0.2) is 9.37 Å². The summed E-state index contributed by atoms with van der Waals surface area (Å²) in [6.07, 6.45) is 2.62. The smallest absolute Gasteiger partial charge is 0.334 e. The molecule has 24 heavy (non-hydrogen) atoms. The molecule has 0 radical (unpaired) electrons. The maximum Gasteiger partial charge on any atom is 0.334 e. The lowest BCUT2D eigenvalue weighted by molar-refractivity contribution is -0.500. The lowest BCUT2D eigenvalue weighted by Crippen LogP contribution is -2.64. The number of likely N-dealkylation sites (tertiary alicyclic amines) is 1. The average Bonchev–Trinajstić information content (AvgIpc) is 2.90. The average molecular weight is 334 g/mol. The monoisotopic (exact) mass is 334 g/mol. The number of rotatable bonds is 2. The van der Waals surface area contributed by atoms with E-state index in [4.69, 9.17) is 0 Å². The molecule has 2 saturated heterocycles. The molecule has 8 nitrogen and oxygen atoms in total. The molecule has 3 heterocycles. The van der Waals surface area contributed by atoms with E-state index in [2.05, 4.69) is 18.8 Å². The predicted octanol–water partition coefficient (Wildman–Crippen LogP) is -0.164. The van der Waals surface area contributed by atoms with Gasteiger partial charge in [-0.15, -0.1) is 0 Å². The normalized spacial score (nSPS) is 30.3. The van der Waals surface area contributed by atoms with Gasteiger partial charge in [-0.3, -0.25) is 19.4 Å². The lowest BCUT2D eigenvalue weighted by Gasteiger charge is -2.37. The van der Waals surface area contributed by atoms with E-state index in [1.165, 1.54) is 11.2 Å². The van der Waals surface area contributed by atoms with Crippen molar-refractivity contribution < 1.29 is 19.0 Å². The SMILES string of the molecule is CC1CC(C)CN(C(=O)CN2C(=O)C3C(=NC=[N+]3C)N(C)C2=O)C1. The predicted molar refractivity (Wildman–Crippen MR) is 87.9 cm³/mol. The van der Waals surface area contributed by atoms with Crippen molar-refractivity contribution in [2.24, 2.45) is 16.8 Å². The molecule has 0 aromatic heterocycles. The molecule has 3 rings (SSSR count). The van der Waals surface area contributed by atoms with Crippen LogP contribution in [0.15, 0.2) is 4.99 Å². The number of hydrogen-bond acceptors (Lipinski definition) is 4. The number of amides is 4. The molecule has 0 aromatic carbocycles. The van der Waals surface area contributed by atoms with Gasteiger partial charge in [0.25, 0.3) is 24.1 Å². The van der Waals surface area contributed by atoms with Gasteiger partial charge in [-0.2, -0.15) is 0 Å². The standard InChI is InChI=1S/C16H24N5O3/c1-10-5-11(2)7-20(6-10)12(22)8-21-15(23)13-14(17-9-18(13)3)19(4)16(21)24/h9-11,13H,5-8H2,1-4H3/q+1. The highest BCUT2D eigenvalue weighted by Gasteiger charge is 2.51. The lowest BCUT2D eigenvalue weighted by atomic mass is 9.92. The van der Waals surface area contributed by atoms with Gasteiger partial charge in [0.15, 0.2) is 0 Å². The van der Waals surface area contributed by atoms with Crippen molar-refractivity contribution >= 4 is 30.0 Å². The summed E-state index contributed by atoms with van der Waals surface area (Å²) < 4.78 is 1.66. The van der Waals surface area contributed by atoms with Gasteiger partial charge in [-0.1, -0.05) is 13.8 Å². The zero-order chi connectivity index (χ0) is 17.6. The zero-order valence-electron chi connectivity index (χ0n) is 14.6. The Labute approximate surface area is 141 Å². The number of likely N-dealkylation sites (N-methyl/N-ethyl adjacent to an activating group) is 2. The molecule has 3 unspecified atom stereocenters. The molecule has 2 fully saturated rings. The van der Waals surface area contributed by atoms with E-state index in [1.54, 1.807) is 23.6 Å². The number of imide groups is 1. The first-order valence-corrected chi connectivity index (χ1v) is 8.29. The Balaban J connectivity index is 1.75. The Kier molecular flexibility index (Phi) is 4.15. The summed E-state index contributed by atoms with van der Waals surface area (Å²) in [5.74, 6) is 0.717. The van der Waals surface area contributed by atoms with E-state index in [0.717, 1.165) is 11.3 Å². The number of urea groups is 1. The number of carbonyl (C=O) groups excluding carboxylic acids is 3. The van der Waals surface area contributed by atoms with Crippen molar-refractivity contribution in [3.8, 4) is 0 Å². The zero-order valence-corrected chi connectivity index (χ0v) is 14.6. The van der Waals surface area contributed by atoms with E-state index in [1.807, 2.05) is 0 Å². The molecule has 0 bridgehead atoms. The molecular weight excluding hydrogens is 310 g/mol. The number of piperidine rings is 1. The minimum absolute atomic E-state index is 0.173. The molecule has 3 aliphatic rings. The molecule has 0 spiro atoms. The molecular formula is C16H24N5O3+. The Hall–Kier alpha value is -2.25. The highest BCUT2D eigenvalue weighted by Crippen LogP contribution is 2.22. The Morgan fingerprint density at radius 1 is 1.29 bits per heavy atom. The van der Waals surface area contributed by atoms with Crippen LogP contribution < -0.4 is 0 Å². The van der Waals surface area contributed by atoms with Crippen LogP contribution in [0.3, 0.4) is 0 Å². The van der Waals surface area contributed by atoms with Crippen molar-refractivity contribution in [1.29, 1.82) is 0 Å². The molecule has 130 valence electrons. The van der Waals surface area contributed by atoms with Crippen molar-refractivity contribution in [2.75, 3.05) is 33.7 Å². The molecule has 4 amide bonds. The van der Waals surface area contributed by atoms with Crippen LogP contribution in [0.4, 0.5) is 4.79 Å². The fourth-order valence-electron chi connectivity index (χ4n) is 3.79. The number of nitrogens with zero attached hydrogens (tertiary/aromatic N) is 5. The fraction of sp³-hybridized carbons (Fsp3) is 0.688. The van der Waals surface area contributed by atoms with Gasteiger partial charge in [0.05, 0.1) is 7.05 Å². The van der Waals surface area contributed by atoms with E-state index in [0.29, 0.717) is 30.8 Å². The summed E-state index contributed by atoms with van der Waals surface area (Å²) in [6, 6.07) is -1.12. The maximum absolute atomic E-state index is 12.7. The summed E-state index contributed by atoms with van der Waals surface area (Å²) in [5, 5.41) is 0. The second kappa shape index (κ2) is 5.99. The largest absolute Gasteiger partial charge is 0.341 e. The third kappa shape index (κ3) is 2.70. The molecule has 8 heteroatoms. The topological polar surface area (TPSA) is 76.3 Å². The van der Waals surface area contributed by atoms with Crippen LogP contribution in [-0.2, 0) is 9.59 Å². The highest BCUT2D eigenvalue weighted by atomic mass is 16.2. The van der Waals surface area contributed by atoms with Crippen molar-refractivity contribution in [3.05, 3.63) is 0 Å². The number of amidine groups is 1. The summed E-state index contributed by atoms with van der Waals surface area (Å²) in [7, 11) is 3.31. The Bertz CT molecular complexity index is 646. The fourth-order valence-corrected chi connectivity index (χ4v) is 3.79. The minimum Gasteiger partial charge on any atom is -0.341 e. The number of aliphatic imine (C=N–C) groups is 1. The number of hydrogen-bond donors (Lipinski definition) is 0. The van der Waals surface area contributed by atoms with E-state index >= 15 is 0 Å². The van der Waals surface area contributed by atoms with Gasteiger partial charge >= 0.3 is 6.03 Å². The van der Waals surface area contributed by atoms with Crippen LogP contribution in [0.5, 0.6) is 0 Å². The summed E-state index contributed by atoms with van der Waals surface area (Å²) >= 11 is 0. The van der Waals surface area contributed by atoms with Gasteiger partial charge in [0.2, 0.25) is 5.91 Å². The first-order chi connectivity index (χ1) is 11.3. The quantitative estimate of drug-likeness (QED) is 0.658. The highest BCUT2D eigenvalue weighted by molar-refractivity contribution is 6.22. The Morgan fingerprint density at radius 2 is 1.92 bits per heavy atom. The number of carbonyl (C=O) groups is 3. The number of fused-ring (bicyclic) bond motifs is 1. The van der Waals surface area contributed by atoms with Crippen LogP contribution in [0.2, 0.25) is 0 Å². The first kappa shape index (κ1) is 16.6. The van der Waals surface area contributed by atoms with Gasteiger partial charge < -0.3 is 4.90 Å². The van der Waals surface area contributed by atoms with Gasteiger partial charge in [0.1, 0.15) is 6.54 Å². The molecule has 0 saturated carbocycles. The molecule has 3 aliphatic heterocycles. The molecule has 0 N–H and O–H groups in total. The summed E-state index contributed by atoms with van der Waals surface area (Å²) in [6.45, 7) is 5.39. The van der Waals surface area contributed by atoms with E-state index < -0.39 is 12.1 Å². The third-order valence-electron chi connectivity index (χ3n) is 4.90. The van der Waals surface area contributed by atoms with Crippen molar-refractivity contribution in [2.45, 2.75) is 26.3 Å². The maximum atomic E-state index is 12.7. The molecule has 0 aliphatic carbocycles. The summed E-state index contributed by atoms with van der Waals surface area (Å²) in [5.41, 5.74) is 0. The van der Waals surface area contributed by atoms with Crippen LogP contribution >= 0.6 is 0 Å². The van der Waals surface area contributed by atoms with Crippen molar-refractivity contribution in [3.63, 3.8) is 0 Å². The van der Waals surface area contributed by atoms with Crippen LogP contribution in [-0.4, -0.2) is 89.1 Å². The van der Waals surface area contributed by atoms with Crippen LogP contribution in [0.25, 0.3) is 0 Å².